The molecule has 3 atom stereocenters. The van der Waals surface area contributed by atoms with E-state index in [9.17, 15) is 5.26 Å². The molecular weight excluding hydrogens is 232 g/mol. The summed E-state index contributed by atoms with van der Waals surface area (Å²) in [5, 5.41) is 13.3. The molecule has 108 valence electrons. The average molecular weight is 262 g/mol. The molecule has 0 aromatic heterocycles. The van der Waals surface area contributed by atoms with Crippen molar-refractivity contribution in [3.8, 4) is 6.07 Å². The van der Waals surface area contributed by atoms with Crippen LogP contribution in [0.15, 0.2) is 0 Å². The van der Waals surface area contributed by atoms with Crippen LogP contribution >= 0.6 is 0 Å². The molecule has 2 aliphatic rings. The van der Waals surface area contributed by atoms with E-state index in [0.29, 0.717) is 12.1 Å². The van der Waals surface area contributed by atoms with Crippen LogP contribution in [-0.2, 0) is 0 Å². The molecule has 1 N–H and O–H groups in total. The highest BCUT2D eigenvalue weighted by atomic mass is 15.0. The second-order valence-corrected chi connectivity index (χ2v) is 6.56. The van der Waals surface area contributed by atoms with Crippen molar-refractivity contribution in [2.75, 3.05) is 0 Å². The summed E-state index contributed by atoms with van der Waals surface area (Å²) in [5.41, 5.74) is 0. The Morgan fingerprint density at radius 1 is 1.00 bits per heavy atom. The lowest BCUT2D eigenvalue weighted by Gasteiger charge is -2.34. The maximum absolute atomic E-state index is 9.39. The first-order valence-electron chi connectivity index (χ1n) is 8.50. The first kappa shape index (κ1) is 14.9. The first-order chi connectivity index (χ1) is 9.35. The molecule has 0 heterocycles. The lowest BCUT2D eigenvalue weighted by molar-refractivity contribution is 0.227. The smallest absolute Gasteiger partial charge is 0.0672 e. The van der Waals surface area contributed by atoms with Crippen molar-refractivity contribution in [1.82, 2.24) is 5.32 Å². The van der Waals surface area contributed by atoms with Crippen LogP contribution in [0.1, 0.15) is 77.6 Å². The van der Waals surface area contributed by atoms with Crippen molar-refractivity contribution in [1.29, 1.82) is 5.26 Å². The van der Waals surface area contributed by atoms with Gasteiger partial charge in [0.25, 0.3) is 0 Å². The lowest BCUT2D eigenvalue weighted by atomic mass is 9.82. The van der Waals surface area contributed by atoms with Gasteiger partial charge < -0.3 is 5.32 Å². The number of rotatable bonds is 4. The van der Waals surface area contributed by atoms with Crippen LogP contribution in [-0.4, -0.2) is 12.1 Å². The third-order valence-electron chi connectivity index (χ3n) is 5.27. The minimum Gasteiger partial charge on any atom is -0.310 e. The Labute approximate surface area is 119 Å². The first-order valence-corrected chi connectivity index (χ1v) is 8.50. The van der Waals surface area contributed by atoms with Crippen LogP contribution in [0.25, 0.3) is 0 Å². The van der Waals surface area contributed by atoms with Crippen molar-refractivity contribution in [2.24, 2.45) is 11.8 Å². The van der Waals surface area contributed by atoms with Gasteiger partial charge in [0, 0.05) is 12.1 Å². The van der Waals surface area contributed by atoms with Crippen molar-refractivity contribution in [3.05, 3.63) is 0 Å². The standard InChI is InChI=1S/C17H30N2/c1-2-16(14-9-5-3-6-10-14)19-17-12-8-4-7-11-15(17)13-18/h14-17,19H,2-12H2,1H3. The third kappa shape index (κ3) is 4.21. The molecule has 0 amide bonds. The summed E-state index contributed by atoms with van der Waals surface area (Å²) in [5.74, 6) is 1.11. The van der Waals surface area contributed by atoms with Gasteiger partial charge in [0.15, 0.2) is 0 Å². The molecule has 2 aliphatic carbocycles. The molecule has 2 saturated carbocycles. The van der Waals surface area contributed by atoms with Gasteiger partial charge in [-0.3, -0.25) is 0 Å². The molecule has 0 bridgehead atoms. The summed E-state index contributed by atoms with van der Waals surface area (Å²) >= 11 is 0. The van der Waals surface area contributed by atoms with E-state index < -0.39 is 0 Å². The largest absolute Gasteiger partial charge is 0.310 e. The minimum atomic E-state index is 0.250. The molecule has 0 aliphatic heterocycles. The fraction of sp³-hybridized carbons (Fsp3) is 0.941. The van der Waals surface area contributed by atoms with Gasteiger partial charge in [-0.15, -0.1) is 0 Å². The van der Waals surface area contributed by atoms with E-state index in [1.807, 2.05) is 0 Å². The van der Waals surface area contributed by atoms with Crippen LogP contribution < -0.4 is 5.32 Å². The molecule has 19 heavy (non-hydrogen) atoms. The summed E-state index contributed by atoms with van der Waals surface area (Å²) in [7, 11) is 0. The maximum Gasteiger partial charge on any atom is 0.0672 e. The lowest BCUT2D eigenvalue weighted by Crippen LogP contribution is -2.46. The highest BCUT2D eigenvalue weighted by Gasteiger charge is 2.29. The van der Waals surface area contributed by atoms with E-state index in [4.69, 9.17) is 0 Å². The molecule has 3 unspecified atom stereocenters. The van der Waals surface area contributed by atoms with Crippen LogP contribution in [0.2, 0.25) is 0 Å². The predicted octanol–water partition coefficient (Wildman–Crippen LogP) is 4.41. The van der Waals surface area contributed by atoms with Gasteiger partial charge in [-0.25, -0.2) is 0 Å². The van der Waals surface area contributed by atoms with Crippen LogP contribution in [0.4, 0.5) is 0 Å². The fourth-order valence-corrected chi connectivity index (χ4v) is 4.06. The van der Waals surface area contributed by atoms with Gasteiger partial charge >= 0.3 is 0 Å². The average Bonchev–Trinajstić information content (AvgIpc) is 2.70. The zero-order valence-corrected chi connectivity index (χ0v) is 12.5. The molecule has 0 aromatic carbocycles. The molecule has 0 radical (unpaired) electrons. The molecule has 2 rings (SSSR count). The van der Waals surface area contributed by atoms with Crippen LogP contribution in [0, 0.1) is 23.2 Å². The number of hydrogen-bond donors (Lipinski definition) is 1. The molecule has 0 spiro atoms. The van der Waals surface area contributed by atoms with Gasteiger partial charge in [0.2, 0.25) is 0 Å². The van der Waals surface area contributed by atoms with Crippen molar-refractivity contribution in [2.45, 2.75) is 89.6 Å². The number of nitriles is 1. The van der Waals surface area contributed by atoms with E-state index in [0.717, 1.165) is 12.3 Å². The third-order valence-corrected chi connectivity index (χ3v) is 5.27. The maximum atomic E-state index is 9.39. The Kier molecular flexibility index (Phi) is 6.17. The van der Waals surface area contributed by atoms with E-state index in [2.05, 4.69) is 18.3 Å². The molecule has 2 fully saturated rings. The summed E-state index contributed by atoms with van der Waals surface area (Å²) in [6.07, 6.45) is 14.5. The molecule has 0 saturated heterocycles. The zero-order chi connectivity index (χ0) is 13.5. The summed E-state index contributed by atoms with van der Waals surface area (Å²) in [6.45, 7) is 2.31. The number of nitrogens with one attached hydrogen (secondary N) is 1. The van der Waals surface area contributed by atoms with Crippen molar-refractivity contribution in [3.63, 3.8) is 0 Å². The molecule has 2 heteroatoms. The number of hydrogen-bond acceptors (Lipinski definition) is 2. The van der Waals surface area contributed by atoms with Crippen molar-refractivity contribution >= 4 is 0 Å². The molecule has 0 aromatic rings. The summed E-state index contributed by atoms with van der Waals surface area (Å²) in [4.78, 5) is 0. The Hall–Kier alpha value is -0.550. The van der Waals surface area contributed by atoms with Crippen LogP contribution in [0.5, 0.6) is 0 Å². The van der Waals surface area contributed by atoms with E-state index in [1.165, 1.54) is 64.2 Å². The van der Waals surface area contributed by atoms with E-state index in [-0.39, 0.29) is 5.92 Å². The zero-order valence-electron chi connectivity index (χ0n) is 12.5. The topological polar surface area (TPSA) is 35.8 Å². The minimum absolute atomic E-state index is 0.250. The van der Waals surface area contributed by atoms with Crippen LogP contribution in [0.3, 0.4) is 0 Å². The highest BCUT2D eigenvalue weighted by molar-refractivity contribution is 4.95. The molecule has 2 nitrogen and oxygen atoms in total. The van der Waals surface area contributed by atoms with E-state index >= 15 is 0 Å². The van der Waals surface area contributed by atoms with Crippen molar-refractivity contribution < 1.29 is 0 Å². The normalized spacial score (nSPS) is 31.4. The number of nitrogens with zero attached hydrogens (tertiary/aromatic N) is 1. The Balaban J connectivity index is 1.93. The van der Waals surface area contributed by atoms with Gasteiger partial charge in [-0.1, -0.05) is 45.4 Å². The Bertz CT molecular complexity index is 288. The SMILES string of the molecule is CCC(NC1CCCCCC1C#N)C1CCCCC1. The van der Waals surface area contributed by atoms with Gasteiger partial charge in [0.1, 0.15) is 0 Å². The predicted molar refractivity (Wildman–Crippen MR) is 79.8 cm³/mol. The highest BCUT2D eigenvalue weighted by Crippen LogP contribution is 2.30. The second-order valence-electron chi connectivity index (χ2n) is 6.56. The van der Waals surface area contributed by atoms with E-state index in [1.54, 1.807) is 0 Å². The quantitative estimate of drug-likeness (QED) is 0.762. The van der Waals surface area contributed by atoms with Gasteiger partial charge in [-0.2, -0.15) is 5.26 Å². The van der Waals surface area contributed by atoms with Gasteiger partial charge in [0.05, 0.1) is 12.0 Å². The summed E-state index contributed by atoms with van der Waals surface area (Å²) < 4.78 is 0. The summed E-state index contributed by atoms with van der Waals surface area (Å²) in [6, 6.07) is 3.67. The monoisotopic (exact) mass is 262 g/mol. The Morgan fingerprint density at radius 3 is 2.26 bits per heavy atom. The Morgan fingerprint density at radius 2 is 1.63 bits per heavy atom. The fourth-order valence-electron chi connectivity index (χ4n) is 4.06. The van der Waals surface area contributed by atoms with Gasteiger partial charge in [-0.05, 0) is 38.0 Å². The second kappa shape index (κ2) is 7.90. The molecular formula is C17H30N2.